The van der Waals surface area contributed by atoms with Gasteiger partial charge in [0.2, 0.25) is 0 Å². The molecule has 4 aliphatic carbocycles. The lowest BCUT2D eigenvalue weighted by atomic mass is 9.45. The van der Waals surface area contributed by atoms with Gasteiger partial charge >= 0.3 is 0 Å². The molecule has 0 unspecified atom stereocenters. The smallest absolute Gasteiger partial charge is 0.0148 e. The number of hydrogen-bond donors (Lipinski definition) is 0. The maximum atomic E-state index is 3.92. The van der Waals surface area contributed by atoms with Crippen LogP contribution in [0, 0.1) is 34.5 Å². The third-order valence-corrected chi connectivity index (χ3v) is 9.21. The first kappa shape index (κ1) is 14.1. The highest BCUT2D eigenvalue weighted by Gasteiger charge is 2.57. The monoisotopic (exact) mass is 338 g/mol. The van der Waals surface area contributed by atoms with E-state index in [4.69, 9.17) is 0 Å². The predicted molar refractivity (Wildman–Crippen MR) is 89.1 cm³/mol. The Kier molecular flexibility index (Phi) is 3.34. The van der Waals surface area contributed by atoms with Gasteiger partial charge in [-0.25, -0.2) is 0 Å². The van der Waals surface area contributed by atoms with Gasteiger partial charge in [0.05, 0.1) is 0 Å². The van der Waals surface area contributed by atoms with Crippen molar-refractivity contribution in [2.75, 3.05) is 0 Å². The van der Waals surface area contributed by atoms with Gasteiger partial charge in [-0.2, -0.15) is 0 Å². The fraction of sp³-hybridized carbons (Fsp3) is 1.00. The van der Waals surface area contributed by atoms with Gasteiger partial charge in [0, 0.05) is 4.83 Å². The molecule has 4 rings (SSSR count). The molecule has 0 aliphatic heterocycles. The molecule has 4 aliphatic rings. The minimum atomic E-state index is 0.692. The van der Waals surface area contributed by atoms with Crippen molar-refractivity contribution in [3.05, 3.63) is 0 Å². The maximum absolute atomic E-state index is 3.92. The van der Waals surface area contributed by atoms with Crippen LogP contribution in [-0.2, 0) is 0 Å². The molecule has 0 nitrogen and oxygen atoms in total. The molecule has 0 amide bonds. The van der Waals surface area contributed by atoms with Gasteiger partial charge in [-0.1, -0.05) is 36.2 Å². The van der Waals surface area contributed by atoms with Crippen molar-refractivity contribution in [2.24, 2.45) is 34.5 Å². The van der Waals surface area contributed by atoms with E-state index in [0.29, 0.717) is 5.41 Å². The van der Waals surface area contributed by atoms with Crippen LogP contribution in [-0.4, -0.2) is 4.83 Å². The van der Waals surface area contributed by atoms with Gasteiger partial charge in [0.25, 0.3) is 0 Å². The van der Waals surface area contributed by atoms with Crippen molar-refractivity contribution in [3.63, 3.8) is 0 Å². The molecule has 7 atom stereocenters. The minimum absolute atomic E-state index is 0.692. The van der Waals surface area contributed by atoms with Crippen LogP contribution in [0.15, 0.2) is 0 Å². The highest BCUT2D eigenvalue weighted by Crippen LogP contribution is 2.66. The Bertz CT molecular complexity index is 391. The van der Waals surface area contributed by atoms with E-state index < -0.39 is 0 Å². The summed E-state index contributed by atoms with van der Waals surface area (Å²) in [5.74, 6) is 4.26. The molecule has 1 heteroatoms. The molecule has 4 saturated carbocycles. The average Bonchev–Trinajstić information content (AvgIpc) is 2.81. The molecule has 4 fully saturated rings. The quantitative estimate of drug-likeness (QED) is 0.462. The SMILES string of the molecule is C[C@@]12CCC[C@H]1[C@@H]1CC[C@H]3C[C@H](Br)CC[C@]3(C)[C@H]1CC2. The lowest BCUT2D eigenvalue weighted by molar-refractivity contribution is -0.102. The maximum Gasteiger partial charge on any atom is 0.0148 e. The first-order valence-electron chi connectivity index (χ1n) is 9.17. The zero-order valence-corrected chi connectivity index (χ0v) is 14.9. The minimum Gasteiger partial charge on any atom is -0.0891 e. The lowest BCUT2D eigenvalue weighted by Gasteiger charge is -2.60. The summed E-state index contributed by atoms with van der Waals surface area (Å²) < 4.78 is 0. The van der Waals surface area contributed by atoms with Gasteiger partial charge < -0.3 is 0 Å². The van der Waals surface area contributed by atoms with Crippen LogP contribution in [0.3, 0.4) is 0 Å². The third kappa shape index (κ3) is 1.90. The number of halogens is 1. The van der Waals surface area contributed by atoms with Crippen LogP contribution >= 0.6 is 15.9 Å². The Morgan fingerprint density at radius 3 is 2.55 bits per heavy atom. The van der Waals surface area contributed by atoms with Crippen LogP contribution in [0.25, 0.3) is 0 Å². The second kappa shape index (κ2) is 4.74. The fourth-order valence-corrected chi connectivity index (χ4v) is 7.88. The summed E-state index contributed by atoms with van der Waals surface area (Å²) in [7, 11) is 0. The molecule has 0 aromatic carbocycles. The Labute approximate surface area is 133 Å². The first-order chi connectivity index (χ1) is 9.53. The van der Waals surface area contributed by atoms with Crippen molar-refractivity contribution >= 4 is 15.9 Å². The van der Waals surface area contributed by atoms with E-state index in [9.17, 15) is 0 Å². The normalized spacial score (nSPS) is 58.6. The van der Waals surface area contributed by atoms with Crippen LogP contribution < -0.4 is 0 Å². The summed E-state index contributed by atoms with van der Waals surface area (Å²) >= 11 is 3.92. The van der Waals surface area contributed by atoms with Crippen molar-refractivity contribution in [3.8, 4) is 0 Å². The summed E-state index contributed by atoms with van der Waals surface area (Å²) in [6.45, 7) is 5.32. The Balaban J connectivity index is 1.62. The Morgan fingerprint density at radius 2 is 1.70 bits per heavy atom. The van der Waals surface area contributed by atoms with Crippen molar-refractivity contribution < 1.29 is 0 Å². The molecule has 0 bridgehead atoms. The average molecular weight is 339 g/mol. The van der Waals surface area contributed by atoms with Crippen LogP contribution in [0.4, 0.5) is 0 Å². The van der Waals surface area contributed by atoms with E-state index in [1.165, 1.54) is 38.5 Å². The molecule has 0 radical (unpaired) electrons. The lowest BCUT2D eigenvalue weighted by Crippen LogP contribution is -2.52. The molecule has 20 heavy (non-hydrogen) atoms. The highest BCUT2D eigenvalue weighted by molar-refractivity contribution is 9.09. The van der Waals surface area contributed by atoms with E-state index in [1.807, 2.05) is 0 Å². The molecule has 0 saturated heterocycles. The summed E-state index contributed by atoms with van der Waals surface area (Å²) in [5, 5.41) is 0. The van der Waals surface area contributed by atoms with Crippen molar-refractivity contribution in [1.82, 2.24) is 0 Å². The van der Waals surface area contributed by atoms with Crippen molar-refractivity contribution in [1.29, 1.82) is 0 Å². The Morgan fingerprint density at radius 1 is 0.850 bits per heavy atom. The van der Waals surface area contributed by atoms with Gasteiger partial charge in [-0.05, 0) is 92.3 Å². The van der Waals surface area contributed by atoms with Crippen LogP contribution in [0.5, 0.6) is 0 Å². The summed E-state index contributed by atoms with van der Waals surface area (Å²) in [6.07, 6.45) is 15.2. The van der Waals surface area contributed by atoms with Crippen molar-refractivity contribution in [2.45, 2.75) is 82.9 Å². The third-order valence-electron chi connectivity index (χ3n) is 8.38. The summed E-state index contributed by atoms with van der Waals surface area (Å²) in [4.78, 5) is 0.817. The predicted octanol–water partition coefficient (Wildman–Crippen LogP) is 6.18. The van der Waals surface area contributed by atoms with Gasteiger partial charge in [-0.3, -0.25) is 0 Å². The summed E-state index contributed by atoms with van der Waals surface area (Å²) in [6, 6.07) is 0. The van der Waals surface area contributed by atoms with E-state index >= 15 is 0 Å². The molecule has 0 aromatic heterocycles. The van der Waals surface area contributed by atoms with Gasteiger partial charge in [0.15, 0.2) is 0 Å². The zero-order chi connectivity index (χ0) is 14.0. The van der Waals surface area contributed by atoms with E-state index in [1.54, 1.807) is 25.7 Å². The molecular weight excluding hydrogens is 308 g/mol. The standard InChI is InChI=1S/C19H31Br/c1-18-9-3-4-16(18)15-6-5-13-12-14(20)7-11-19(13,2)17(15)8-10-18/h13-17H,3-12H2,1-2H3/t13-,14+,15-,16-,17-,18-,19-/m0/s1. The topological polar surface area (TPSA) is 0 Å². The van der Waals surface area contributed by atoms with Gasteiger partial charge in [-0.15, -0.1) is 0 Å². The molecule has 114 valence electrons. The summed E-state index contributed by atoms with van der Waals surface area (Å²) in [5.41, 5.74) is 1.42. The molecule has 0 N–H and O–H groups in total. The van der Waals surface area contributed by atoms with E-state index in [-0.39, 0.29) is 0 Å². The van der Waals surface area contributed by atoms with Crippen LogP contribution in [0.2, 0.25) is 0 Å². The molecular formula is C19H31Br. The number of fused-ring (bicyclic) bond motifs is 5. The molecule has 0 aromatic rings. The number of rotatable bonds is 0. The molecule has 0 spiro atoms. The number of alkyl halides is 1. The fourth-order valence-electron chi connectivity index (χ4n) is 7.20. The molecule has 0 heterocycles. The zero-order valence-electron chi connectivity index (χ0n) is 13.3. The number of hydrogen-bond acceptors (Lipinski definition) is 0. The second-order valence-corrected chi connectivity index (χ2v) is 10.4. The van der Waals surface area contributed by atoms with E-state index in [2.05, 4.69) is 29.8 Å². The van der Waals surface area contributed by atoms with Crippen LogP contribution in [0.1, 0.15) is 78.1 Å². The highest BCUT2D eigenvalue weighted by atomic mass is 79.9. The second-order valence-electron chi connectivity index (χ2n) is 9.11. The van der Waals surface area contributed by atoms with E-state index in [0.717, 1.165) is 33.9 Å². The first-order valence-corrected chi connectivity index (χ1v) is 10.1. The largest absolute Gasteiger partial charge is 0.0891 e. The Hall–Kier alpha value is 0.480. The van der Waals surface area contributed by atoms with Gasteiger partial charge in [0.1, 0.15) is 0 Å².